The van der Waals surface area contributed by atoms with Crippen LogP contribution in [0.3, 0.4) is 0 Å². The molecular formula is C16H13N3O5. The third kappa shape index (κ3) is 2.65. The van der Waals surface area contributed by atoms with E-state index in [1.54, 1.807) is 12.1 Å². The largest absolute Gasteiger partial charge is 0.493 e. The Morgan fingerprint density at radius 1 is 1.12 bits per heavy atom. The number of nitro benzene ring substituents is 1. The van der Waals surface area contributed by atoms with Crippen LogP contribution in [0.25, 0.3) is 22.3 Å². The number of hydrogen-bond acceptors (Lipinski definition) is 6. The Bertz CT molecular complexity index is 997. The number of nitro groups is 1. The van der Waals surface area contributed by atoms with Crippen molar-refractivity contribution in [1.82, 2.24) is 9.97 Å². The third-order valence-corrected chi connectivity index (χ3v) is 3.54. The topological polar surface area (TPSA) is 107 Å². The molecule has 0 saturated heterocycles. The minimum atomic E-state index is -0.503. The fraction of sp³-hybridized carbons (Fsp3) is 0.125. The molecule has 0 fully saturated rings. The van der Waals surface area contributed by atoms with Crippen molar-refractivity contribution in [2.45, 2.75) is 0 Å². The van der Waals surface area contributed by atoms with Gasteiger partial charge >= 0.3 is 0 Å². The monoisotopic (exact) mass is 327 g/mol. The van der Waals surface area contributed by atoms with E-state index in [2.05, 4.69) is 9.97 Å². The molecule has 8 heteroatoms. The van der Waals surface area contributed by atoms with Crippen molar-refractivity contribution in [1.29, 1.82) is 0 Å². The second kappa shape index (κ2) is 5.99. The van der Waals surface area contributed by atoms with Gasteiger partial charge in [-0.05, 0) is 6.07 Å². The maximum Gasteiger partial charge on any atom is 0.270 e. The zero-order chi connectivity index (χ0) is 17.3. The highest BCUT2D eigenvalue weighted by atomic mass is 16.6. The van der Waals surface area contributed by atoms with E-state index in [9.17, 15) is 14.9 Å². The van der Waals surface area contributed by atoms with Crippen LogP contribution in [0.2, 0.25) is 0 Å². The summed E-state index contributed by atoms with van der Waals surface area (Å²) in [6.07, 6.45) is 0. The van der Waals surface area contributed by atoms with Gasteiger partial charge in [0, 0.05) is 23.8 Å². The highest BCUT2D eigenvalue weighted by Gasteiger charge is 2.13. The fourth-order valence-electron chi connectivity index (χ4n) is 2.37. The Hall–Kier alpha value is -3.42. The number of benzene rings is 2. The van der Waals surface area contributed by atoms with Crippen LogP contribution in [-0.2, 0) is 0 Å². The van der Waals surface area contributed by atoms with Gasteiger partial charge in [-0.25, -0.2) is 4.98 Å². The van der Waals surface area contributed by atoms with Crippen LogP contribution < -0.4 is 15.0 Å². The van der Waals surface area contributed by atoms with Crippen molar-refractivity contribution >= 4 is 16.6 Å². The molecule has 0 aliphatic carbocycles. The summed E-state index contributed by atoms with van der Waals surface area (Å²) >= 11 is 0. The smallest absolute Gasteiger partial charge is 0.270 e. The van der Waals surface area contributed by atoms with Gasteiger partial charge in [0.15, 0.2) is 11.5 Å². The molecule has 1 aromatic heterocycles. The Morgan fingerprint density at radius 2 is 1.83 bits per heavy atom. The lowest BCUT2D eigenvalue weighted by atomic mass is 10.1. The van der Waals surface area contributed by atoms with Crippen LogP contribution in [0.4, 0.5) is 5.69 Å². The molecule has 2 aromatic carbocycles. The first-order valence-electron chi connectivity index (χ1n) is 6.94. The van der Waals surface area contributed by atoms with Crippen molar-refractivity contribution in [3.8, 4) is 22.9 Å². The number of rotatable bonds is 4. The van der Waals surface area contributed by atoms with Crippen molar-refractivity contribution in [3.63, 3.8) is 0 Å². The third-order valence-electron chi connectivity index (χ3n) is 3.54. The summed E-state index contributed by atoms with van der Waals surface area (Å²) in [6, 6.07) is 9.02. The van der Waals surface area contributed by atoms with Gasteiger partial charge in [0.2, 0.25) is 0 Å². The molecule has 0 aliphatic rings. The number of nitrogens with zero attached hydrogens (tertiary/aromatic N) is 2. The summed E-state index contributed by atoms with van der Waals surface area (Å²) in [5.41, 5.74) is 0.390. The molecule has 122 valence electrons. The molecule has 8 nitrogen and oxygen atoms in total. The second-order valence-electron chi connectivity index (χ2n) is 4.95. The maximum absolute atomic E-state index is 12.3. The number of hydrogen-bond donors (Lipinski definition) is 1. The maximum atomic E-state index is 12.3. The molecule has 24 heavy (non-hydrogen) atoms. The van der Waals surface area contributed by atoms with Crippen LogP contribution in [0.15, 0.2) is 41.2 Å². The van der Waals surface area contributed by atoms with E-state index < -0.39 is 4.92 Å². The van der Waals surface area contributed by atoms with E-state index in [1.807, 2.05) is 0 Å². The molecule has 0 aliphatic heterocycles. The van der Waals surface area contributed by atoms with Gasteiger partial charge < -0.3 is 14.5 Å². The normalized spacial score (nSPS) is 10.6. The van der Waals surface area contributed by atoms with Gasteiger partial charge in [0.1, 0.15) is 5.82 Å². The van der Waals surface area contributed by atoms with Crippen molar-refractivity contribution < 1.29 is 14.4 Å². The van der Waals surface area contributed by atoms with E-state index in [0.717, 1.165) is 0 Å². The molecule has 0 radical (unpaired) electrons. The lowest BCUT2D eigenvalue weighted by Crippen LogP contribution is -2.10. The number of non-ortho nitro benzene ring substituents is 1. The van der Waals surface area contributed by atoms with Gasteiger partial charge in [0.25, 0.3) is 11.2 Å². The van der Waals surface area contributed by atoms with Gasteiger partial charge in [-0.15, -0.1) is 0 Å². The highest BCUT2D eigenvalue weighted by molar-refractivity contribution is 5.83. The SMILES string of the molecule is COc1cc2nc(-c3cccc([N+](=O)[O-])c3)[nH]c(=O)c2cc1OC. The molecule has 0 saturated carbocycles. The lowest BCUT2D eigenvalue weighted by Gasteiger charge is -2.09. The molecule has 0 amide bonds. The number of aromatic nitrogens is 2. The Labute approximate surface area is 135 Å². The number of methoxy groups -OCH3 is 2. The molecule has 3 aromatic rings. The van der Waals surface area contributed by atoms with Gasteiger partial charge in [-0.2, -0.15) is 0 Å². The summed E-state index contributed by atoms with van der Waals surface area (Å²) < 4.78 is 10.4. The molecule has 0 unspecified atom stereocenters. The average Bonchev–Trinajstić information content (AvgIpc) is 2.60. The molecule has 1 N–H and O–H groups in total. The fourth-order valence-corrected chi connectivity index (χ4v) is 2.37. The standard InChI is InChI=1S/C16H13N3O5/c1-23-13-7-11-12(8-14(13)24-2)17-15(18-16(11)20)9-4-3-5-10(6-9)19(21)22/h3-8H,1-2H3,(H,17,18,20). The minimum absolute atomic E-state index is 0.0810. The van der Waals surface area contributed by atoms with E-state index in [4.69, 9.17) is 9.47 Å². The Kier molecular flexibility index (Phi) is 3.87. The van der Waals surface area contributed by atoms with E-state index in [1.165, 1.54) is 38.5 Å². The molecule has 0 spiro atoms. The first-order valence-corrected chi connectivity index (χ1v) is 6.94. The van der Waals surface area contributed by atoms with Crippen LogP contribution in [0, 0.1) is 10.1 Å². The first-order chi connectivity index (χ1) is 11.5. The minimum Gasteiger partial charge on any atom is -0.493 e. The lowest BCUT2D eigenvalue weighted by molar-refractivity contribution is -0.384. The number of nitrogens with one attached hydrogen (secondary N) is 1. The zero-order valence-corrected chi connectivity index (χ0v) is 12.9. The molecule has 1 heterocycles. The first kappa shape index (κ1) is 15.5. The van der Waals surface area contributed by atoms with E-state index >= 15 is 0 Å². The van der Waals surface area contributed by atoms with Crippen LogP contribution in [0.5, 0.6) is 11.5 Å². The van der Waals surface area contributed by atoms with Gasteiger partial charge in [-0.3, -0.25) is 14.9 Å². The zero-order valence-electron chi connectivity index (χ0n) is 12.9. The second-order valence-corrected chi connectivity index (χ2v) is 4.95. The molecule has 0 bridgehead atoms. The predicted octanol–water partition coefficient (Wildman–Crippen LogP) is 2.52. The van der Waals surface area contributed by atoms with Crippen molar-refractivity contribution in [2.75, 3.05) is 14.2 Å². The molecule has 3 rings (SSSR count). The van der Waals surface area contributed by atoms with Crippen LogP contribution in [0.1, 0.15) is 0 Å². The van der Waals surface area contributed by atoms with E-state index in [-0.39, 0.29) is 17.1 Å². The Morgan fingerprint density at radius 3 is 2.50 bits per heavy atom. The molecular weight excluding hydrogens is 314 g/mol. The van der Waals surface area contributed by atoms with Gasteiger partial charge in [0.05, 0.1) is 30.0 Å². The number of ether oxygens (including phenoxy) is 2. The number of aromatic amines is 1. The average molecular weight is 327 g/mol. The van der Waals surface area contributed by atoms with Crippen LogP contribution >= 0.6 is 0 Å². The Balaban J connectivity index is 2.22. The van der Waals surface area contributed by atoms with E-state index in [0.29, 0.717) is 28.0 Å². The highest BCUT2D eigenvalue weighted by Crippen LogP contribution is 2.30. The quantitative estimate of drug-likeness (QED) is 0.583. The summed E-state index contributed by atoms with van der Waals surface area (Å²) in [5, 5.41) is 11.2. The predicted molar refractivity (Wildman–Crippen MR) is 87.6 cm³/mol. The summed E-state index contributed by atoms with van der Waals surface area (Å²) in [5.74, 6) is 1.09. The number of fused-ring (bicyclic) bond motifs is 1. The van der Waals surface area contributed by atoms with Crippen molar-refractivity contribution in [3.05, 3.63) is 56.9 Å². The van der Waals surface area contributed by atoms with Gasteiger partial charge in [-0.1, -0.05) is 12.1 Å². The molecule has 0 atom stereocenters. The summed E-state index contributed by atoms with van der Waals surface area (Å²) in [7, 11) is 2.96. The van der Waals surface area contributed by atoms with Crippen molar-refractivity contribution in [2.24, 2.45) is 0 Å². The summed E-state index contributed by atoms with van der Waals surface area (Å²) in [6.45, 7) is 0. The van der Waals surface area contributed by atoms with Crippen LogP contribution in [-0.4, -0.2) is 29.1 Å². The number of H-pyrrole nitrogens is 1. The summed E-state index contributed by atoms with van der Waals surface area (Å²) in [4.78, 5) is 29.7.